The van der Waals surface area contributed by atoms with Gasteiger partial charge in [0.2, 0.25) is 0 Å². The summed E-state index contributed by atoms with van der Waals surface area (Å²) >= 11 is 9.78. The fourth-order valence-electron chi connectivity index (χ4n) is 3.46. The zero-order valence-corrected chi connectivity index (χ0v) is 19.2. The Kier molecular flexibility index (Phi) is 4.37. The summed E-state index contributed by atoms with van der Waals surface area (Å²) in [5.74, 6) is 0. The van der Waals surface area contributed by atoms with Crippen LogP contribution in [0.5, 0.6) is 0 Å². The van der Waals surface area contributed by atoms with Gasteiger partial charge < -0.3 is 4.57 Å². The molecule has 5 rings (SSSR count). The molecule has 0 N–H and O–H groups in total. The van der Waals surface area contributed by atoms with Crippen LogP contribution in [0.15, 0.2) is 82.1 Å². The van der Waals surface area contributed by atoms with Crippen LogP contribution in [0, 0.1) is 3.57 Å². The van der Waals surface area contributed by atoms with E-state index in [9.17, 15) is 0 Å². The minimum absolute atomic E-state index is 0.791. The first kappa shape index (κ1) is 17.5. The molecule has 0 unspecified atom stereocenters. The summed E-state index contributed by atoms with van der Waals surface area (Å²) < 4.78 is 7.39. The van der Waals surface area contributed by atoms with Crippen LogP contribution in [0.1, 0.15) is 0 Å². The zero-order valence-electron chi connectivity index (χ0n) is 13.9. The second kappa shape index (κ2) is 6.76. The van der Waals surface area contributed by atoms with E-state index in [1.807, 2.05) is 18.2 Å². The van der Waals surface area contributed by atoms with E-state index in [0.717, 1.165) is 37.3 Å². The first-order valence-electron chi connectivity index (χ1n) is 8.33. The van der Waals surface area contributed by atoms with Crippen molar-refractivity contribution in [2.45, 2.75) is 0 Å². The molecular weight excluding hydrogens is 581 g/mol. The molecule has 2 heterocycles. The zero-order chi connectivity index (χ0) is 18.5. The molecule has 0 fully saturated rings. The van der Waals surface area contributed by atoms with Crippen LogP contribution >= 0.6 is 54.5 Å². The minimum Gasteiger partial charge on any atom is -0.302 e. The number of imidazole rings is 1. The largest absolute Gasteiger partial charge is 0.302 e. The summed E-state index contributed by atoms with van der Waals surface area (Å²) in [6.45, 7) is 0. The Morgan fingerprint density at radius 3 is 2.33 bits per heavy atom. The predicted octanol–water partition coefficient (Wildman–Crippen LogP) is 7.10. The number of para-hydroxylation sites is 3. The van der Waals surface area contributed by atoms with Gasteiger partial charge in [0.1, 0.15) is 0 Å². The molecule has 5 aromatic rings. The Bertz CT molecular complexity index is 1320. The standard InChI is InChI=1S/C21H12Br2IN3/c22-20-11-13-5-1-3-7-16(13)26(20)19-12-14(24)9-10-18(19)27-17-8-4-2-6-15(17)25-21(27)23/h1-12H. The molecule has 0 aliphatic carbocycles. The number of hydrogen-bond acceptors (Lipinski definition) is 1. The van der Waals surface area contributed by atoms with E-state index in [2.05, 4.69) is 123 Å². The summed E-state index contributed by atoms with van der Waals surface area (Å²) in [6, 6.07) is 25.2. The van der Waals surface area contributed by atoms with Crippen LogP contribution in [-0.2, 0) is 0 Å². The number of nitrogens with zero attached hydrogens (tertiary/aromatic N) is 3. The molecule has 0 saturated heterocycles. The molecule has 27 heavy (non-hydrogen) atoms. The molecule has 0 spiro atoms. The first-order chi connectivity index (χ1) is 13.1. The van der Waals surface area contributed by atoms with E-state index >= 15 is 0 Å². The lowest BCUT2D eigenvalue weighted by atomic mass is 10.2. The van der Waals surface area contributed by atoms with Crippen LogP contribution in [0.3, 0.4) is 0 Å². The highest BCUT2D eigenvalue weighted by Gasteiger charge is 2.17. The normalized spacial score (nSPS) is 11.5. The van der Waals surface area contributed by atoms with E-state index in [1.165, 1.54) is 8.96 Å². The third-order valence-electron chi connectivity index (χ3n) is 4.61. The highest BCUT2D eigenvalue weighted by molar-refractivity contribution is 14.1. The van der Waals surface area contributed by atoms with Crippen molar-refractivity contribution in [2.75, 3.05) is 0 Å². The summed E-state index contributed by atoms with van der Waals surface area (Å²) in [5, 5.41) is 1.20. The number of benzene rings is 3. The van der Waals surface area contributed by atoms with Gasteiger partial charge in [-0.25, -0.2) is 4.98 Å². The molecular formula is C21H12Br2IN3. The third kappa shape index (κ3) is 2.85. The fourth-order valence-corrected chi connectivity index (χ4v) is 5.13. The molecule has 3 nitrogen and oxygen atoms in total. The second-order valence-corrected chi connectivity index (χ2v) is 8.97. The van der Waals surface area contributed by atoms with Gasteiger partial charge >= 0.3 is 0 Å². The Labute approximate surface area is 186 Å². The third-order valence-corrected chi connectivity index (χ3v) is 6.39. The quantitative estimate of drug-likeness (QED) is 0.201. The molecule has 2 aromatic heterocycles. The van der Waals surface area contributed by atoms with E-state index in [1.54, 1.807) is 0 Å². The molecule has 0 saturated carbocycles. The van der Waals surface area contributed by atoms with Crippen molar-refractivity contribution < 1.29 is 0 Å². The minimum atomic E-state index is 0.791. The Morgan fingerprint density at radius 2 is 1.48 bits per heavy atom. The molecule has 6 heteroatoms. The number of hydrogen-bond donors (Lipinski definition) is 0. The smallest absolute Gasteiger partial charge is 0.182 e. The number of halogens is 3. The first-order valence-corrected chi connectivity index (χ1v) is 11.0. The highest BCUT2D eigenvalue weighted by Crippen LogP contribution is 2.34. The SMILES string of the molecule is Brc1cc2ccccc2n1-c1cc(I)ccc1-n1c(Br)nc2ccccc21. The summed E-state index contributed by atoms with van der Waals surface area (Å²) in [6.07, 6.45) is 0. The predicted molar refractivity (Wildman–Crippen MR) is 126 cm³/mol. The number of rotatable bonds is 2. The van der Waals surface area contributed by atoms with Crippen molar-refractivity contribution in [3.8, 4) is 11.4 Å². The molecule has 3 aromatic carbocycles. The van der Waals surface area contributed by atoms with Crippen LogP contribution in [0.25, 0.3) is 33.3 Å². The lowest BCUT2D eigenvalue weighted by Gasteiger charge is -2.16. The van der Waals surface area contributed by atoms with Crippen LogP contribution in [0.2, 0.25) is 0 Å². The van der Waals surface area contributed by atoms with Gasteiger partial charge in [0, 0.05) is 8.96 Å². The van der Waals surface area contributed by atoms with Gasteiger partial charge in [-0.15, -0.1) is 0 Å². The van der Waals surface area contributed by atoms with Gasteiger partial charge in [-0.05, 0) is 96.9 Å². The van der Waals surface area contributed by atoms with Crippen molar-refractivity contribution in [3.63, 3.8) is 0 Å². The lowest BCUT2D eigenvalue weighted by molar-refractivity contribution is 0.993. The van der Waals surface area contributed by atoms with Crippen LogP contribution < -0.4 is 0 Å². The molecule has 0 aliphatic rings. The van der Waals surface area contributed by atoms with Crippen molar-refractivity contribution in [2.24, 2.45) is 0 Å². The van der Waals surface area contributed by atoms with E-state index in [4.69, 9.17) is 0 Å². The highest BCUT2D eigenvalue weighted by atomic mass is 127. The van der Waals surface area contributed by atoms with Gasteiger partial charge in [-0.1, -0.05) is 30.3 Å². The van der Waals surface area contributed by atoms with Crippen LogP contribution in [-0.4, -0.2) is 14.1 Å². The lowest BCUT2D eigenvalue weighted by Crippen LogP contribution is -2.04. The van der Waals surface area contributed by atoms with Gasteiger partial charge in [0.25, 0.3) is 0 Å². The summed E-state index contributed by atoms with van der Waals surface area (Å²) in [7, 11) is 0. The van der Waals surface area contributed by atoms with Gasteiger partial charge in [-0.3, -0.25) is 4.57 Å². The molecule has 0 amide bonds. The topological polar surface area (TPSA) is 22.8 Å². The molecule has 0 bridgehead atoms. The van der Waals surface area contributed by atoms with Gasteiger partial charge in [0.05, 0.1) is 32.5 Å². The maximum absolute atomic E-state index is 4.68. The average molecular weight is 593 g/mol. The van der Waals surface area contributed by atoms with E-state index in [0.29, 0.717) is 0 Å². The van der Waals surface area contributed by atoms with Crippen LogP contribution in [0.4, 0.5) is 0 Å². The molecule has 0 radical (unpaired) electrons. The summed E-state index contributed by atoms with van der Waals surface area (Å²) in [5.41, 5.74) is 5.36. The Balaban J connectivity index is 1.88. The Hall–Kier alpha value is -1.64. The number of aromatic nitrogens is 3. The number of fused-ring (bicyclic) bond motifs is 2. The van der Waals surface area contributed by atoms with Crippen molar-refractivity contribution in [1.82, 2.24) is 14.1 Å². The molecule has 0 atom stereocenters. The van der Waals surface area contributed by atoms with Gasteiger partial charge in [-0.2, -0.15) is 0 Å². The van der Waals surface area contributed by atoms with Crippen molar-refractivity contribution in [3.05, 3.63) is 85.7 Å². The fraction of sp³-hybridized carbons (Fsp3) is 0. The van der Waals surface area contributed by atoms with Crippen molar-refractivity contribution in [1.29, 1.82) is 0 Å². The van der Waals surface area contributed by atoms with E-state index in [-0.39, 0.29) is 0 Å². The van der Waals surface area contributed by atoms with Crippen molar-refractivity contribution >= 4 is 76.4 Å². The van der Waals surface area contributed by atoms with Gasteiger partial charge in [0.15, 0.2) is 4.73 Å². The molecule has 0 aliphatic heterocycles. The van der Waals surface area contributed by atoms with E-state index < -0.39 is 0 Å². The average Bonchev–Trinajstić information content (AvgIpc) is 3.17. The maximum Gasteiger partial charge on any atom is 0.182 e. The second-order valence-electron chi connectivity index (χ2n) is 6.20. The maximum atomic E-state index is 4.68. The summed E-state index contributed by atoms with van der Waals surface area (Å²) in [4.78, 5) is 4.68. The molecule has 132 valence electrons. The Morgan fingerprint density at radius 1 is 0.741 bits per heavy atom. The monoisotopic (exact) mass is 591 g/mol.